The fourth-order valence-corrected chi connectivity index (χ4v) is 3.25. The average Bonchev–Trinajstić information content (AvgIpc) is 3.16. The second-order valence-electron chi connectivity index (χ2n) is 6.31. The molecule has 1 saturated heterocycles. The third-order valence-corrected chi connectivity index (χ3v) is 4.42. The van der Waals surface area contributed by atoms with E-state index >= 15 is 0 Å². The van der Waals surface area contributed by atoms with E-state index in [4.69, 9.17) is 0 Å². The molecule has 24 heavy (non-hydrogen) atoms. The van der Waals surface area contributed by atoms with E-state index in [-0.39, 0.29) is 11.8 Å². The largest absolute Gasteiger partial charge is 0.351 e. The summed E-state index contributed by atoms with van der Waals surface area (Å²) in [5, 5.41) is 7.98. The van der Waals surface area contributed by atoms with Crippen molar-refractivity contribution in [2.24, 2.45) is 7.05 Å². The van der Waals surface area contributed by atoms with Gasteiger partial charge in [-0.2, -0.15) is 5.10 Å². The summed E-state index contributed by atoms with van der Waals surface area (Å²) >= 11 is 0. The van der Waals surface area contributed by atoms with Crippen molar-refractivity contribution in [3.63, 3.8) is 0 Å². The number of carbonyl (C=O) groups is 2. The number of nitrogens with zero attached hydrogens (tertiary/aromatic N) is 4. The molecule has 2 amide bonds. The number of likely N-dealkylation sites (tertiary alicyclic amines) is 1. The molecule has 0 aromatic carbocycles. The number of hydrogen-bond donors (Lipinski definition) is 1. The highest BCUT2D eigenvalue weighted by Gasteiger charge is 2.19. The van der Waals surface area contributed by atoms with E-state index in [0.717, 1.165) is 42.7 Å². The standard InChI is InChI=1S/C17H23N5O2/c1-11-10-13(15-12(2)20-21(3)16(15)19-11)17(24)18-7-6-14(23)22-8-4-5-9-22/h10H,4-9H2,1-3H3,(H,18,24). The number of rotatable bonds is 4. The van der Waals surface area contributed by atoms with Crippen molar-refractivity contribution in [1.82, 2.24) is 25.0 Å². The number of nitrogens with one attached hydrogen (secondary N) is 1. The summed E-state index contributed by atoms with van der Waals surface area (Å²) in [6.07, 6.45) is 2.49. The highest BCUT2D eigenvalue weighted by Crippen LogP contribution is 2.21. The lowest BCUT2D eigenvalue weighted by atomic mass is 10.1. The predicted molar refractivity (Wildman–Crippen MR) is 90.7 cm³/mol. The van der Waals surface area contributed by atoms with Crippen LogP contribution in [0.1, 0.15) is 41.0 Å². The van der Waals surface area contributed by atoms with Gasteiger partial charge in [0.05, 0.1) is 16.6 Å². The van der Waals surface area contributed by atoms with Crippen LogP contribution >= 0.6 is 0 Å². The molecule has 1 fully saturated rings. The lowest BCUT2D eigenvalue weighted by molar-refractivity contribution is -0.129. The van der Waals surface area contributed by atoms with E-state index in [0.29, 0.717) is 24.2 Å². The molecule has 0 saturated carbocycles. The Balaban J connectivity index is 1.71. The minimum atomic E-state index is -0.184. The van der Waals surface area contributed by atoms with Crippen LogP contribution in [0.5, 0.6) is 0 Å². The first-order valence-electron chi connectivity index (χ1n) is 8.34. The first-order chi connectivity index (χ1) is 11.5. The van der Waals surface area contributed by atoms with Gasteiger partial charge in [-0.1, -0.05) is 0 Å². The lowest BCUT2D eigenvalue weighted by Gasteiger charge is -2.15. The fourth-order valence-electron chi connectivity index (χ4n) is 3.25. The van der Waals surface area contributed by atoms with Gasteiger partial charge >= 0.3 is 0 Å². The lowest BCUT2D eigenvalue weighted by Crippen LogP contribution is -2.32. The molecule has 0 unspecified atom stereocenters. The zero-order valence-corrected chi connectivity index (χ0v) is 14.4. The van der Waals surface area contributed by atoms with E-state index < -0.39 is 0 Å². The fraction of sp³-hybridized carbons (Fsp3) is 0.529. The minimum Gasteiger partial charge on any atom is -0.351 e. The van der Waals surface area contributed by atoms with E-state index in [1.54, 1.807) is 10.7 Å². The first kappa shape index (κ1) is 16.4. The van der Waals surface area contributed by atoms with Crippen molar-refractivity contribution >= 4 is 22.8 Å². The Hall–Kier alpha value is -2.44. The van der Waals surface area contributed by atoms with Crippen molar-refractivity contribution in [3.05, 3.63) is 23.0 Å². The van der Waals surface area contributed by atoms with E-state index in [1.165, 1.54) is 0 Å². The van der Waals surface area contributed by atoms with Crippen LogP contribution in [0.4, 0.5) is 0 Å². The van der Waals surface area contributed by atoms with E-state index in [2.05, 4.69) is 15.4 Å². The maximum Gasteiger partial charge on any atom is 0.252 e. The zero-order chi connectivity index (χ0) is 17.3. The van der Waals surface area contributed by atoms with Crippen molar-refractivity contribution in [3.8, 4) is 0 Å². The van der Waals surface area contributed by atoms with Crippen LogP contribution in [-0.2, 0) is 11.8 Å². The van der Waals surface area contributed by atoms with Gasteiger partial charge in [-0.15, -0.1) is 0 Å². The molecule has 0 bridgehead atoms. The highest BCUT2D eigenvalue weighted by atomic mass is 16.2. The van der Waals surface area contributed by atoms with Crippen LogP contribution in [0.3, 0.4) is 0 Å². The molecule has 7 heteroatoms. The van der Waals surface area contributed by atoms with Crippen LogP contribution < -0.4 is 5.32 Å². The number of hydrogen-bond acceptors (Lipinski definition) is 4. The minimum absolute atomic E-state index is 0.112. The molecule has 2 aromatic heterocycles. The Bertz CT molecular complexity index is 790. The van der Waals surface area contributed by atoms with Crippen molar-refractivity contribution in [2.45, 2.75) is 33.1 Å². The van der Waals surface area contributed by atoms with Crippen molar-refractivity contribution in [2.75, 3.05) is 19.6 Å². The van der Waals surface area contributed by atoms with E-state index in [9.17, 15) is 9.59 Å². The summed E-state index contributed by atoms with van der Waals surface area (Å²) in [5.74, 6) is -0.0720. The van der Waals surface area contributed by atoms with Gasteiger partial charge in [-0.05, 0) is 32.8 Å². The second-order valence-corrected chi connectivity index (χ2v) is 6.31. The summed E-state index contributed by atoms with van der Waals surface area (Å²) in [4.78, 5) is 30.9. The molecule has 2 aromatic rings. The molecule has 3 heterocycles. The normalized spacial score (nSPS) is 14.4. The van der Waals surface area contributed by atoms with Gasteiger partial charge in [-0.25, -0.2) is 4.98 Å². The number of pyridine rings is 1. The molecule has 7 nitrogen and oxygen atoms in total. The van der Waals surface area contributed by atoms with Crippen LogP contribution in [0.25, 0.3) is 11.0 Å². The summed E-state index contributed by atoms with van der Waals surface area (Å²) in [6, 6.07) is 1.77. The number of aromatic nitrogens is 3. The number of amides is 2. The number of aryl methyl sites for hydroxylation is 3. The summed E-state index contributed by atoms with van der Waals surface area (Å²) in [6.45, 7) is 5.75. The molecule has 0 atom stereocenters. The van der Waals surface area contributed by atoms with Gasteiger partial charge in [0.25, 0.3) is 5.91 Å². The summed E-state index contributed by atoms with van der Waals surface area (Å²) in [7, 11) is 1.82. The SMILES string of the molecule is Cc1cc(C(=O)NCCC(=O)N2CCCC2)c2c(C)nn(C)c2n1. The number of fused-ring (bicyclic) bond motifs is 1. The Kier molecular flexibility index (Phi) is 4.51. The van der Waals surface area contributed by atoms with Crippen LogP contribution in [0.2, 0.25) is 0 Å². The average molecular weight is 329 g/mol. The molecule has 1 aliphatic heterocycles. The highest BCUT2D eigenvalue weighted by molar-refractivity contribution is 6.06. The van der Waals surface area contributed by atoms with Crippen LogP contribution in [-0.4, -0.2) is 51.1 Å². The maximum atomic E-state index is 12.6. The molecule has 1 aliphatic rings. The molecule has 0 radical (unpaired) electrons. The molecule has 0 aliphatic carbocycles. The Labute approximate surface area is 141 Å². The Morgan fingerprint density at radius 2 is 1.96 bits per heavy atom. The molecule has 1 N–H and O–H groups in total. The molecule has 3 rings (SSSR count). The topological polar surface area (TPSA) is 80.1 Å². The number of carbonyl (C=O) groups excluding carboxylic acids is 2. The Morgan fingerprint density at radius 3 is 2.67 bits per heavy atom. The zero-order valence-electron chi connectivity index (χ0n) is 14.4. The molecular formula is C17H23N5O2. The van der Waals surface area contributed by atoms with Crippen molar-refractivity contribution in [1.29, 1.82) is 0 Å². The van der Waals surface area contributed by atoms with Gasteiger partial charge in [-0.3, -0.25) is 14.3 Å². The second kappa shape index (κ2) is 6.59. The summed E-state index contributed by atoms with van der Waals surface area (Å²) in [5.41, 5.74) is 2.81. The van der Waals surface area contributed by atoms with Gasteiger partial charge in [0, 0.05) is 38.8 Å². The monoisotopic (exact) mass is 329 g/mol. The van der Waals surface area contributed by atoms with Gasteiger partial charge in [0.15, 0.2) is 5.65 Å². The smallest absolute Gasteiger partial charge is 0.252 e. The Morgan fingerprint density at radius 1 is 1.25 bits per heavy atom. The summed E-state index contributed by atoms with van der Waals surface area (Å²) < 4.78 is 1.69. The third kappa shape index (κ3) is 3.11. The predicted octanol–water partition coefficient (Wildman–Crippen LogP) is 1.33. The quantitative estimate of drug-likeness (QED) is 0.917. The first-order valence-corrected chi connectivity index (χ1v) is 8.34. The van der Waals surface area contributed by atoms with E-state index in [1.807, 2.05) is 25.8 Å². The van der Waals surface area contributed by atoms with Crippen molar-refractivity contribution < 1.29 is 9.59 Å². The molecule has 128 valence electrons. The third-order valence-electron chi connectivity index (χ3n) is 4.42. The van der Waals surface area contributed by atoms with Crippen LogP contribution in [0, 0.1) is 13.8 Å². The van der Waals surface area contributed by atoms with Gasteiger partial charge in [0.1, 0.15) is 0 Å². The molecule has 0 spiro atoms. The van der Waals surface area contributed by atoms with Gasteiger partial charge in [0.2, 0.25) is 5.91 Å². The maximum absolute atomic E-state index is 12.6. The van der Waals surface area contributed by atoms with Crippen LogP contribution in [0.15, 0.2) is 6.07 Å². The molecular weight excluding hydrogens is 306 g/mol. The van der Waals surface area contributed by atoms with Gasteiger partial charge < -0.3 is 10.2 Å².